The number of nitrogens with one attached hydrogen (secondary N) is 1. The average molecular weight is 516 g/mol. The molecule has 194 valence electrons. The Morgan fingerprint density at radius 1 is 1.22 bits per heavy atom. The third-order valence-corrected chi connectivity index (χ3v) is 6.15. The number of aromatic hydroxyl groups is 1. The Bertz CT molecular complexity index is 1360. The number of esters is 1. The van der Waals surface area contributed by atoms with Gasteiger partial charge in [0, 0.05) is 24.6 Å². The second kappa shape index (κ2) is 10.8. The van der Waals surface area contributed by atoms with Crippen molar-refractivity contribution in [3.05, 3.63) is 70.6 Å². The van der Waals surface area contributed by atoms with E-state index >= 15 is 0 Å². The molecule has 1 aromatic carbocycles. The lowest BCUT2D eigenvalue weighted by Crippen LogP contribution is -2.32. The first kappa shape index (κ1) is 25.9. The van der Waals surface area contributed by atoms with Crippen LogP contribution in [0.5, 0.6) is 5.75 Å². The van der Waals surface area contributed by atoms with Crippen LogP contribution >= 0.6 is 0 Å². The number of hydrogen-bond acceptors (Lipinski definition) is 8. The molecule has 3 aromatic rings. The number of amides is 1. The molecule has 0 spiro atoms. The second-order valence-corrected chi connectivity index (χ2v) is 8.69. The molecular formula is C25H23F3N4O5. The monoisotopic (exact) mass is 516 g/mol. The topological polar surface area (TPSA) is 127 Å². The number of benzene rings is 1. The number of carbonyl (C=O) groups is 2. The van der Waals surface area contributed by atoms with E-state index in [0.717, 1.165) is 6.07 Å². The molecule has 1 aliphatic rings. The highest BCUT2D eigenvalue weighted by atomic mass is 19.2. The Hall–Kier alpha value is -4.22. The molecule has 0 saturated heterocycles. The highest BCUT2D eigenvalue weighted by molar-refractivity contribution is 5.91. The van der Waals surface area contributed by atoms with E-state index < -0.39 is 35.2 Å². The number of carbonyl (C=O) groups excluding carboxylic acids is 2. The molecule has 0 saturated carbocycles. The van der Waals surface area contributed by atoms with Crippen LogP contribution in [0.25, 0.3) is 11.5 Å². The van der Waals surface area contributed by atoms with E-state index in [1.165, 1.54) is 25.4 Å². The van der Waals surface area contributed by atoms with Gasteiger partial charge in [-0.1, -0.05) is 12.1 Å². The molecule has 0 bridgehead atoms. The van der Waals surface area contributed by atoms with Crippen molar-refractivity contribution in [3.63, 3.8) is 0 Å². The number of nitrogens with zero attached hydrogens (tertiary/aromatic N) is 3. The van der Waals surface area contributed by atoms with E-state index in [1.54, 1.807) is 6.92 Å². The predicted molar refractivity (Wildman–Crippen MR) is 122 cm³/mol. The number of methoxy groups -OCH3 is 1. The lowest BCUT2D eigenvalue weighted by Gasteiger charge is -2.32. The summed E-state index contributed by atoms with van der Waals surface area (Å²) in [6.07, 6.45) is 1.36. The minimum Gasteiger partial charge on any atom is -0.506 e. The number of aryl methyl sites for hydroxylation is 1. The summed E-state index contributed by atoms with van der Waals surface area (Å²) in [4.78, 5) is 33.3. The third kappa shape index (κ3) is 5.79. The van der Waals surface area contributed by atoms with Crippen LogP contribution in [-0.2, 0) is 20.7 Å². The van der Waals surface area contributed by atoms with Crippen LogP contribution in [0.3, 0.4) is 0 Å². The normalized spacial score (nSPS) is 17.5. The first-order chi connectivity index (χ1) is 17.7. The molecule has 0 aliphatic heterocycles. The van der Waals surface area contributed by atoms with Gasteiger partial charge in [0.2, 0.25) is 17.6 Å². The first-order valence-corrected chi connectivity index (χ1v) is 11.4. The fourth-order valence-corrected chi connectivity index (χ4v) is 4.28. The Balaban J connectivity index is 1.47. The smallest absolute Gasteiger partial charge is 0.335 e. The molecular weight excluding hydrogens is 493 g/mol. The SMILES string of the molecule is COC(=O)C1=C(NC(=O)CCc2nc(-c3ccc(O)cn3)no2)CC(C)C(c2cc(F)cc(F)c2F)C1. The maximum absolute atomic E-state index is 14.5. The van der Waals surface area contributed by atoms with Gasteiger partial charge in [0.1, 0.15) is 17.3 Å². The first-order valence-electron chi connectivity index (χ1n) is 11.4. The van der Waals surface area contributed by atoms with Gasteiger partial charge in [0.25, 0.3) is 0 Å². The summed E-state index contributed by atoms with van der Waals surface area (Å²) in [6, 6.07) is 4.32. The molecule has 37 heavy (non-hydrogen) atoms. The zero-order valence-corrected chi connectivity index (χ0v) is 19.9. The van der Waals surface area contributed by atoms with E-state index in [0.29, 0.717) is 17.5 Å². The number of aromatic nitrogens is 3. The molecule has 4 rings (SSSR count). The Morgan fingerprint density at radius 3 is 2.70 bits per heavy atom. The second-order valence-electron chi connectivity index (χ2n) is 8.69. The van der Waals surface area contributed by atoms with E-state index in [1.807, 2.05) is 0 Å². The summed E-state index contributed by atoms with van der Waals surface area (Å²) in [5.74, 6) is -5.26. The molecule has 0 radical (unpaired) electrons. The van der Waals surface area contributed by atoms with Crippen LogP contribution in [0, 0.1) is 23.4 Å². The van der Waals surface area contributed by atoms with E-state index in [-0.39, 0.29) is 60.2 Å². The number of halogens is 3. The van der Waals surface area contributed by atoms with E-state index in [4.69, 9.17) is 9.26 Å². The maximum atomic E-state index is 14.5. The fourth-order valence-electron chi connectivity index (χ4n) is 4.28. The Labute approximate surface area is 209 Å². The standard InChI is InChI=1S/C25H23F3N4O5/c1-12-7-20(17(25(35)36-2)10-15(12)16-8-13(26)9-18(27)23(16)28)30-21(34)5-6-22-31-24(32-37-22)19-4-3-14(33)11-29-19/h3-4,8-9,11-12,15,33H,5-7,10H2,1-2H3,(H,30,34). The van der Waals surface area contributed by atoms with Gasteiger partial charge in [-0.05, 0) is 48.4 Å². The zero-order chi connectivity index (χ0) is 26.7. The van der Waals surface area contributed by atoms with Crippen molar-refractivity contribution in [2.24, 2.45) is 5.92 Å². The van der Waals surface area contributed by atoms with Crippen molar-refractivity contribution in [1.82, 2.24) is 20.4 Å². The molecule has 1 amide bonds. The molecule has 12 heteroatoms. The van der Waals surface area contributed by atoms with Gasteiger partial charge in [0.05, 0.1) is 18.9 Å². The van der Waals surface area contributed by atoms with E-state index in [2.05, 4.69) is 20.4 Å². The van der Waals surface area contributed by atoms with Crippen molar-refractivity contribution in [2.75, 3.05) is 7.11 Å². The zero-order valence-electron chi connectivity index (χ0n) is 19.9. The van der Waals surface area contributed by atoms with Crippen molar-refractivity contribution in [3.8, 4) is 17.3 Å². The van der Waals surface area contributed by atoms with Gasteiger partial charge >= 0.3 is 5.97 Å². The van der Waals surface area contributed by atoms with Crippen LogP contribution in [0.4, 0.5) is 13.2 Å². The maximum Gasteiger partial charge on any atom is 0.335 e. The molecule has 1 aliphatic carbocycles. The third-order valence-electron chi connectivity index (χ3n) is 6.15. The van der Waals surface area contributed by atoms with Crippen LogP contribution in [0.2, 0.25) is 0 Å². The molecule has 0 fully saturated rings. The largest absolute Gasteiger partial charge is 0.506 e. The van der Waals surface area contributed by atoms with Gasteiger partial charge < -0.3 is 19.7 Å². The number of allylic oxidation sites excluding steroid dienone is 1. The summed E-state index contributed by atoms with van der Waals surface area (Å²) >= 11 is 0. The minimum absolute atomic E-state index is 0.0126. The van der Waals surface area contributed by atoms with Gasteiger partial charge in [-0.25, -0.2) is 22.9 Å². The number of ether oxygens (including phenoxy) is 1. The summed E-state index contributed by atoms with van der Waals surface area (Å²) in [5, 5.41) is 15.8. The van der Waals surface area contributed by atoms with Gasteiger partial charge in [-0.3, -0.25) is 4.79 Å². The van der Waals surface area contributed by atoms with Crippen LogP contribution in [0.1, 0.15) is 43.6 Å². The van der Waals surface area contributed by atoms with Crippen LogP contribution < -0.4 is 5.32 Å². The lowest BCUT2D eigenvalue weighted by molar-refractivity contribution is -0.136. The predicted octanol–water partition coefficient (Wildman–Crippen LogP) is 3.94. The van der Waals surface area contributed by atoms with Crippen molar-refractivity contribution in [2.45, 2.75) is 38.5 Å². The summed E-state index contributed by atoms with van der Waals surface area (Å²) < 4.78 is 52.1. The van der Waals surface area contributed by atoms with Crippen molar-refractivity contribution in [1.29, 1.82) is 0 Å². The average Bonchev–Trinajstić information content (AvgIpc) is 3.34. The summed E-state index contributed by atoms with van der Waals surface area (Å²) in [6.45, 7) is 1.74. The van der Waals surface area contributed by atoms with Gasteiger partial charge in [-0.2, -0.15) is 4.98 Å². The highest BCUT2D eigenvalue weighted by Crippen LogP contribution is 2.41. The summed E-state index contributed by atoms with van der Waals surface area (Å²) in [5.41, 5.74) is 0.608. The molecule has 2 heterocycles. The minimum atomic E-state index is -1.31. The molecule has 9 nitrogen and oxygen atoms in total. The summed E-state index contributed by atoms with van der Waals surface area (Å²) in [7, 11) is 1.17. The highest BCUT2D eigenvalue weighted by Gasteiger charge is 2.35. The van der Waals surface area contributed by atoms with E-state index in [9.17, 15) is 27.9 Å². The molecule has 2 unspecified atom stereocenters. The Kier molecular flexibility index (Phi) is 7.55. The Morgan fingerprint density at radius 2 is 2.00 bits per heavy atom. The van der Waals surface area contributed by atoms with Gasteiger partial charge in [0.15, 0.2) is 11.6 Å². The lowest BCUT2D eigenvalue weighted by atomic mass is 9.75. The number of rotatable bonds is 7. The molecule has 2 aromatic heterocycles. The number of pyridine rings is 1. The molecule has 2 atom stereocenters. The van der Waals surface area contributed by atoms with Crippen LogP contribution in [-0.4, -0.2) is 39.2 Å². The fraction of sp³-hybridized carbons (Fsp3) is 0.320. The van der Waals surface area contributed by atoms with Crippen molar-refractivity contribution < 1.29 is 37.1 Å². The van der Waals surface area contributed by atoms with Crippen molar-refractivity contribution >= 4 is 11.9 Å². The van der Waals surface area contributed by atoms with Gasteiger partial charge in [-0.15, -0.1) is 0 Å². The van der Waals surface area contributed by atoms with Crippen LogP contribution in [0.15, 0.2) is 46.3 Å². The number of hydrogen-bond donors (Lipinski definition) is 2. The molecule has 2 N–H and O–H groups in total. The quantitative estimate of drug-likeness (QED) is 0.357.